The number of nitrogens with one attached hydrogen (secondary N) is 1. The summed E-state index contributed by atoms with van der Waals surface area (Å²) < 4.78 is 26.0. The number of aromatic nitrogens is 1. The first kappa shape index (κ1) is 14.9. The molecule has 0 amide bonds. The molecular formula is C12H21N3O2S. The van der Waals surface area contributed by atoms with Crippen molar-refractivity contribution in [3.8, 4) is 0 Å². The molecule has 102 valence electrons. The third kappa shape index (κ3) is 3.43. The van der Waals surface area contributed by atoms with Crippen molar-refractivity contribution in [2.75, 3.05) is 25.0 Å². The molecule has 1 aromatic heterocycles. The Kier molecular flexibility index (Phi) is 5.55. The molecule has 0 saturated heterocycles. The predicted molar refractivity (Wildman–Crippen MR) is 73.1 cm³/mol. The summed E-state index contributed by atoms with van der Waals surface area (Å²) in [5, 5.41) is 3.04. The lowest BCUT2D eigenvalue weighted by Crippen LogP contribution is -2.31. The van der Waals surface area contributed by atoms with Crippen LogP contribution in [0.4, 0.5) is 5.82 Å². The van der Waals surface area contributed by atoms with Gasteiger partial charge in [-0.05, 0) is 25.5 Å². The van der Waals surface area contributed by atoms with Crippen LogP contribution in [0.2, 0.25) is 0 Å². The Labute approximate surface area is 109 Å². The minimum absolute atomic E-state index is 0.249. The van der Waals surface area contributed by atoms with Crippen molar-refractivity contribution in [2.24, 2.45) is 0 Å². The molecule has 0 aliphatic rings. The molecule has 0 fully saturated rings. The molecule has 0 saturated carbocycles. The van der Waals surface area contributed by atoms with Crippen LogP contribution in [0.5, 0.6) is 0 Å². The molecule has 18 heavy (non-hydrogen) atoms. The molecule has 1 heterocycles. The highest BCUT2D eigenvalue weighted by molar-refractivity contribution is 7.89. The van der Waals surface area contributed by atoms with E-state index in [0.717, 1.165) is 13.0 Å². The van der Waals surface area contributed by atoms with E-state index in [4.69, 9.17) is 0 Å². The van der Waals surface area contributed by atoms with Crippen LogP contribution in [0.3, 0.4) is 0 Å². The molecule has 0 radical (unpaired) electrons. The maximum absolute atomic E-state index is 12.3. The number of rotatable bonds is 7. The van der Waals surface area contributed by atoms with E-state index in [1.807, 2.05) is 20.8 Å². The molecule has 0 spiro atoms. The Bertz CT molecular complexity index is 457. The first-order valence-electron chi connectivity index (χ1n) is 6.26. The fourth-order valence-electron chi connectivity index (χ4n) is 1.67. The van der Waals surface area contributed by atoms with Gasteiger partial charge < -0.3 is 5.32 Å². The lowest BCUT2D eigenvalue weighted by Gasteiger charge is -2.19. The second-order valence-corrected chi connectivity index (χ2v) is 5.84. The van der Waals surface area contributed by atoms with Crippen molar-refractivity contribution in [1.82, 2.24) is 9.29 Å². The predicted octanol–water partition coefficient (Wildman–Crippen LogP) is 1.93. The number of hydrogen-bond donors (Lipinski definition) is 1. The Morgan fingerprint density at radius 3 is 2.44 bits per heavy atom. The monoisotopic (exact) mass is 271 g/mol. The summed E-state index contributed by atoms with van der Waals surface area (Å²) >= 11 is 0. The van der Waals surface area contributed by atoms with Gasteiger partial charge in [0.1, 0.15) is 10.7 Å². The summed E-state index contributed by atoms with van der Waals surface area (Å²) in [5.74, 6) is 0.690. The Morgan fingerprint density at radius 2 is 2.00 bits per heavy atom. The largest absolute Gasteiger partial charge is 0.370 e. The molecule has 0 aromatic carbocycles. The van der Waals surface area contributed by atoms with Gasteiger partial charge in [-0.25, -0.2) is 13.4 Å². The van der Waals surface area contributed by atoms with Crippen LogP contribution in [-0.4, -0.2) is 37.3 Å². The summed E-state index contributed by atoms with van der Waals surface area (Å²) in [4.78, 5) is 4.34. The zero-order valence-electron chi connectivity index (χ0n) is 11.2. The molecule has 0 bridgehead atoms. The van der Waals surface area contributed by atoms with E-state index in [1.165, 1.54) is 10.5 Å². The average Bonchev–Trinajstić information content (AvgIpc) is 2.36. The number of sulfonamides is 1. The minimum atomic E-state index is -3.40. The number of nitrogens with zero attached hydrogens (tertiary/aromatic N) is 2. The van der Waals surface area contributed by atoms with E-state index >= 15 is 0 Å². The molecular weight excluding hydrogens is 250 g/mol. The van der Waals surface area contributed by atoms with Crippen LogP contribution in [-0.2, 0) is 10.0 Å². The van der Waals surface area contributed by atoms with Crippen molar-refractivity contribution in [2.45, 2.75) is 32.1 Å². The molecule has 0 aliphatic heterocycles. The van der Waals surface area contributed by atoms with E-state index in [0.29, 0.717) is 18.9 Å². The fraction of sp³-hybridized carbons (Fsp3) is 0.583. The second-order valence-electron chi connectivity index (χ2n) is 3.91. The zero-order chi connectivity index (χ0) is 13.6. The third-order valence-electron chi connectivity index (χ3n) is 2.56. The van der Waals surface area contributed by atoms with Crippen LogP contribution in [0.1, 0.15) is 27.2 Å². The van der Waals surface area contributed by atoms with Gasteiger partial charge in [0.2, 0.25) is 10.0 Å². The van der Waals surface area contributed by atoms with Gasteiger partial charge in [-0.2, -0.15) is 4.31 Å². The Balaban J connectivity index is 2.97. The van der Waals surface area contributed by atoms with Gasteiger partial charge in [-0.3, -0.25) is 0 Å². The molecule has 0 unspecified atom stereocenters. The lowest BCUT2D eigenvalue weighted by molar-refractivity contribution is 0.427. The van der Waals surface area contributed by atoms with Gasteiger partial charge in [0.05, 0.1) is 0 Å². The highest BCUT2D eigenvalue weighted by Gasteiger charge is 2.22. The van der Waals surface area contributed by atoms with E-state index in [2.05, 4.69) is 10.3 Å². The van der Waals surface area contributed by atoms with Gasteiger partial charge in [0.15, 0.2) is 0 Å². The van der Waals surface area contributed by atoms with Crippen LogP contribution in [0, 0.1) is 0 Å². The van der Waals surface area contributed by atoms with Crippen molar-refractivity contribution in [1.29, 1.82) is 0 Å². The van der Waals surface area contributed by atoms with Gasteiger partial charge in [0.25, 0.3) is 0 Å². The first-order valence-corrected chi connectivity index (χ1v) is 7.70. The smallest absolute Gasteiger partial charge is 0.244 e. The number of hydrogen-bond acceptors (Lipinski definition) is 4. The molecule has 0 aliphatic carbocycles. The highest BCUT2D eigenvalue weighted by Crippen LogP contribution is 2.16. The molecule has 1 aromatic rings. The molecule has 1 N–H and O–H groups in total. The van der Waals surface area contributed by atoms with Crippen molar-refractivity contribution in [3.05, 3.63) is 18.3 Å². The fourth-order valence-corrected chi connectivity index (χ4v) is 3.15. The van der Waals surface area contributed by atoms with Gasteiger partial charge in [0, 0.05) is 25.8 Å². The summed E-state index contributed by atoms with van der Waals surface area (Å²) in [6.45, 7) is 7.54. The third-order valence-corrected chi connectivity index (χ3v) is 4.52. The molecule has 6 heteroatoms. The van der Waals surface area contributed by atoms with Crippen molar-refractivity contribution >= 4 is 15.8 Å². The van der Waals surface area contributed by atoms with Gasteiger partial charge >= 0.3 is 0 Å². The van der Waals surface area contributed by atoms with Gasteiger partial charge in [-0.1, -0.05) is 13.8 Å². The van der Waals surface area contributed by atoms with Crippen LogP contribution in [0.25, 0.3) is 0 Å². The van der Waals surface area contributed by atoms with Crippen molar-refractivity contribution in [3.63, 3.8) is 0 Å². The van der Waals surface area contributed by atoms with Crippen LogP contribution in [0.15, 0.2) is 23.2 Å². The summed E-state index contributed by atoms with van der Waals surface area (Å²) in [7, 11) is -3.40. The zero-order valence-corrected chi connectivity index (χ0v) is 12.0. The summed E-state index contributed by atoms with van der Waals surface area (Å²) in [6, 6.07) is 3.29. The maximum atomic E-state index is 12.3. The first-order chi connectivity index (χ1) is 8.56. The standard InChI is InChI=1S/C12H21N3O2S/c1-4-9-15(6-3)18(16,17)11-7-8-12(13-5-2)14-10-11/h7-8,10H,4-6,9H2,1-3H3,(H,13,14). The second kappa shape index (κ2) is 6.70. The number of pyridine rings is 1. The van der Waals surface area contributed by atoms with Crippen molar-refractivity contribution < 1.29 is 8.42 Å². The molecule has 0 atom stereocenters. The van der Waals surface area contributed by atoms with E-state index < -0.39 is 10.0 Å². The SMILES string of the molecule is CCCN(CC)S(=O)(=O)c1ccc(NCC)nc1. The minimum Gasteiger partial charge on any atom is -0.370 e. The van der Waals surface area contributed by atoms with E-state index in [-0.39, 0.29) is 4.90 Å². The van der Waals surface area contributed by atoms with E-state index in [9.17, 15) is 8.42 Å². The van der Waals surface area contributed by atoms with Crippen LogP contribution >= 0.6 is 0 Å². The average molecular weight is 271 g/mol. The van der Waals surface area contributed by atoms with E-state index in [1.54, 1.807) is 12.1 Å². The quantitative estimate of drug-likeness (QED) is 0.823. The topological polar surface area (TPSA) is 62.3 Å². The number of anilines is 1. The summed E-state index contributed by atoms with van der Waals surface area (Å²) in [6.07, 6.45) is 2.21. The normalized spacial score (nSPS) is 11.8. The summed E-state index contributed by atoms with van der Waals surface area (Å²) in [5.41, 5.74) is 0. The molecule has 5 nitrogen and oxygen atoms in total. The Hall–Kier alpha value is -1.14. The lowest BCUT2D eigenvalue weighted by atomic mass is 10.4. The Morgan fingerprint density at radius 1 is 1.28 bits per heavy atom. The van der Waals surface area contributed by atoms with Crippen LogP contribution < -0.4 is 5.32 Å². The highest BCUT2D eigenvalue weighted by atomic mass is 32.2. The molecule has 1 rings (SSSR count). The van der Waals surface area contributed by atoms with Gasteiger partial charge in [-0.15, -0.1) is 0 Å². The maximum Gasteiger partial charge on any atom is 0.244 e.